The third-order valence-electron chi connectivity index (χ3n) is 9.11. The van der Waals surface area contributed by atoms with E-state index >= 15 is 0 Å². The van der Waals surface area contributed by atoms with Gasteiger partial charge in [-0.15, -0.1) is 0 Å². The minimum absolute atomic E-state index is 0.00557. The van der Waals surface area contributed by atoms with Crippen molar-refractivity contribution in [1.29, 1.82) is 0 Å². The molecule has 0 spiro atoms. The molecule has 0 aromatic heterocycles. The van der Waals surface area contributed by atoms with Crippen molar-refractivity contribution in [3.63, 3.8) is 0 Å². The van der Waals surface area contributed by atoms with Crippen LogP contribution in [-0.4, -0.2) is 44.0 Å². The second kappa shape index (κ2) is 7.87. The van der Waals surface area contributed by atoms with Crippen molar-refractivity contribution in [1.82, 2.24) is 4.90 Å². The Bertz CT molecular complexity index is 626. The highest BCUT2D eigenvalue weighted by Gasteiger charge is 2.58. The predicted octanol–water partition coefficient (Wildman–Crippen LogP) is 5.25. The van der Waals surface area contributed by atoms with Crippen LogP contribution in [0.2, 0.25) is 0 Å². The molecule has 0 radical (unpaired) electrons. The van der Waals surface area contributed by atoms with E-state index in [9.17, 15) is 4.79 Å². The summed E-state index contributed by atoms with van der Waals surface area (Å²) in [6.07, 6.45) is 14.6. The largest absolute Gasteiger partial charge is 0.374 e. The molecule has 0 heterocycles. The summed E-state index contributed by atoms with van der Waals surface area (Å²) in [5, 5.41) is 0. The van der Waals surface area contributed by atoms with Crippen LogP contribution in [0, 0.1) is 28.6 Å². The van der Waals surface area contributed by atoms with Gasteiger partial charge in [0.1, 0.15) is 5.78 Å². The van der Waals surface area contributed by atoms with E-state index in [1.807, 2.05) is 0 Å². The fraction of sp³-hybridized carbons (Fsp3) is 0.880. The molecule has 3 saturated carbocycles. The predicted molar refractivity (Wildman–Crippen MR) is 114 cm³/mol. The Hall–Kier alpha value is -0.670. The first kappa shape index (κ1) is 20.6. The Balaban J connectivity index is 1.39. The quantitative estimate of drug-likeness (QED) is 0.461. The minimum atomic E-state index is 0.00557. The van der Waals surface area contributed by atoms with Crippen LogP contribution in [-0.2, 0) is 9.53 Å². The van der Waals surface area contributed by atoms with E-state index in [1.54, 1.807) is 5.57 Å². The topological polar surface area (TPSA) is 29.5 Å². The van der Waals surface area contributed by atoms with Crippen LogP contribution < -0.4 is 0 Å². The molecule has 3 nitrogen and oxygen atoms in total. The summed E-state index contributed by atoms with van der Waals surface area (Å²) >= 11 is 0. The Morgan fingerprint density at radius 3 is 2.54 bits per heavy atom. The third kappa shape index (κ3) is 3.51. The van der Waals surface area contributed by atoms with Gasteiger partial charge in [0.05, 0.1) is 6.10 Å². The number of Topliss-reactive ketones (excluding diaryl/α,β-unsaturated/α-hetero) is 1. The molecule has 158 valence electrons. The van der Waals surface area contributed by atoms with E-state index in [-0.39, 0.29) is 5.41 Å². The van der Waals surface area contributed by atoms with Crippen LogP contribution in [0.3, 0.4) is 0 Å². The summed E-state index contributed by atoms with van der Waals surface area (Å²) in [6, 6.07) is 0. The lowest BCUT2D eigenvalue weighted by molar-refractivity contribution is -0.132. The van der Waals surface area contributed by atoms with Gasteiger partial charge in [0, 0.05) is 18.4 Å². The summed E-state index contributed by atoms with van der Waals surface area (Å²) in [7, 11) is 4.28. The molecule has 6 atom stereocenters. The Morgan fingerprint density at radius 2 is 1.75 bits per heavy atom. The van der Waals surface area contributed by atoms with Crippen LogP contribution >= 0.6 is 0 Å². The highest BCUT2D eigenvalue weighted by atomic mass is 16.5. The number of fused-ring (bicyclic) bond motifs is 5. The molecule has 4 aliphatic carbocycles. The average molecular weight is 388 g/mol. The van der Waals surface area contributed by atoms with Crippen molar-refractivity contribution in [2.45, 2.75) is 84.2 Å². The lowest BCUT2D eigenvalue weighted by Crippen LogP contribution is -2.50. The molecule has 6 unspecified atom stereocenters. The summed E-state index contributed by atoms with van der Waals surface area (Å²) in [5.74, 6) is 2.78. The average Bonchev–Trinajstić information content (AvgIpc) is 2.96. The lowest BCUT2D eigenvalue weighted by atomic mass is 9.47. The molecule has 4 rings (SSSR count). The number of hydrogen-bond donors (Lipinski definition) is 0. The lowest BCUT2D eigenvalue weighted by Gasteiger charge is -2.57. The van der Waals surface area contributed by atoms with E-state index in [2.05, 4.69) is 38.9 Å². The highest BCUT2D eigenvalue weighted by Crippen LogP contribution is 2.64. The van der Waals surface area contributed by atoms with Gasteiger partial charge in [0.25, 0.3) is 0 Å². The number of rotatable bonds is 6. The zero-order valence-electron chi connectivity index (χ0n) is 18.6. The van der Waals surface area contributed by atoms with Crippen molar-refractivity contribution in [2.75, 3.05) is 27.2 Å². The van der Waals surface area contributed by atoms with Crippen LogP contribution in [0.5, 0.6) is 0 Å². The van der Waals surface area contributed by atoms with Crippen LogP contribution in [0.4, 0.5) is 0 Å². The van der Waals surface area contributed by atoms with E-state index in [4.69, 9.17) is 4.74 Å². The van der Waals surface area contributed by atoms with Gasteiger partial charge >= 0.3 is 0 Å². The molecular formula is C25H41NO2. The molecule has 0 saturated heterocycles. The standard InChI is InChI=1S/C25H41NO2/c1-24-13-11-19(28-16-6-5-15-26(3)4)17-18(24)7-8-20-21-9-10-23(27)25(21,2)14-12-22(20)24/h17,19-22H,5-16H2,1-4H3. The van der Waals surface area contributed by atoms with Crippen molar-refractivity contribution in [2.24, 2.45) is 28.6 Å². The second-order valence-electron chi connectivity index (χ2n) is 10.9. The first-order valence-electron chi connectivity index (χ1n) is 11.9. The summed E-state index contributed by atoms with van der Waals surface area (Å²) in [6.45, 7) is 6.88. The normalized spacial score (nSPS) is 42.8. The third-order valence-corrected chi connectivity index (χ3v) is 9.11. The van der Waals surface area contributed by atoms with Crippen LogP contribution in [0.1, 0.15) is 78.1 Å². The summed E-state index contributed by atoms with van der Waals surface area (Å²) < 4.78 is 6.25. The summed E-state index contributed by atoms with van der Waals surface area (Å²) in [4.78, 5) is 14.8. The molecule has 0 N–H and O–H groups in total. The van der Waals surface area contributed by atoms with Gasteiger partial charge in [-0.25, -0.2) is 0 Å². The van der Waals surface area contributed by atoms with Crippen molar-refractivity contribution >= 4 is 5.78 Å². The fourth-order valence-electron chi connectivity index (χ4n) is 7.36. The summed E-state index contributed by atoms with van der Waals surface area (Å²) in [5.41, 5.74) is 2.05. The van der Waals surface area contributed by atoms with Crippen LogP contribution in [0.15, 0.2) is 11.6 Å². The first-order valence-corrected chi connectivity index (χ1v) is 11.9. The van der Waals surface area contributed by atoms with Gasteiger partial charge in [-0.1, -0.05) is 25.5 Å². The van der Waals surface area contributed by atoms with Gasteiger partial charge in [0.15, 0.2) is 0 Å². The zero-order chi connectivity index (χ0) is 19.9. The van der Waals surface area contributed by atoms with E-state index in [0.717, 1.165) is 50.7 Å². The van der Waals surface area contributed by atoms with Crippen molar-refractivity contribution < 1.29 is 9.53 Å². The molecule has 28 heavy (non-hydrogen) atoms. The molecule has 3 fully saturated rings. The maximum absolute atomic E-state index is 12.6. The minimum Gasteiger partial charge on any atom is -0.374 e. The fourth-order valence-corrected chi connectivity index (χ4v) is 7.36. The number of hydrogen-bond acceptors (Lipinski definition) is 3. The molecule has 0 amide bonds. The van der Waals surface area contributed by atoms with Gasteiger partial charge in [0.2, 0.25) is 0 Å². The molecule has 3 heteroatoms. The maximum atomic E-state index is 12.6. The Morgan fingerprint density at radius 1 is 1.00 bits per heavy atom. The SMILES string of the molecule is CN(C)CCCCOC1C=C2CCC3C4CCC(=O)C4(C)CCC3C2(C)CC1. The molecule has 4 aliphatic rings. The van der Waals surface area contributed by atoms with Gasteiger partial charge in [-0.05, 0) is 102 Å². The number of allylic oxidation sites excluding steroid dienone is 1. The number of ether oxygens (including phenoxy) is 1. The van der Waals surface area contributed by atoms with Gasteiger partial charge in [-0.3, -0.25) is 4.79 Å². The second-order valence-corrected chi connectivity index (χ2v) is 10.9. The number of unbranched alkanes of at least 4 members (excludes halogenated alkanes) is 1. The van der Waals surface area contributed by atoms with E-state index < -0.39 is 0 Å². The molecule has 0 bridgehead atoms. The molecule has 0 aromatic carbocycles. The number of nitrogens with zero attached hydrogens (tertiary/aromatic N) is 1. The van der Waals surface area contributed by atoms with Gasteiger partial charge in [-0.2, -0.15) is 0 Å². The maximum Gasteiger partial charge on any atom is 0.139 e. The number of carbonyl (C=O) groups is 1. The highest BCUT2D eigenvalue weighted by molar-refractivity contribution is 5.87. The molecular weight excluding hydrogens is 346 g/mol. The molecule has 0 aromatic rings. The number of ketones is 1. The first-order chi connectivity index (χ1) is 13.3. The van der Waals surface area contributed by atoms with Crippen LogP contribution in [0.25, 0.3) is 0 Å². The molecule has 0 aliphatic heterocycles. The monoisotopic (exact) mass is 387 g/mol. The smallest absolute Gasteiger partial charge is 0.139 e. The zero-order valence-corrected chi connectivity index (χ0v) is 18.6. The van der Waals surface area contributed by atoms with Crippen molar-refractivity contribution in [3.05, 3.63) is 11.6 Å². The Kier molecular flexibility index (Phi) is 5.79. The number of carbonyl (C=O) groups excluding carboxylic acids is 1. The van der Waals surface area contributed by atoms with Gasteiger partial charge < -0.3 is 9.64 Å². The Labute approximate surface area is 172 Å². The van der Waals surface area contributed by atoms with E-state index in [1.165, 1.54) is 38.5 Å². The van der Waals surface area contributed by atoms with Crippen molar-refractivity contribution in [3.8, 4) is 0 Å². The van der Waals surface area contributed by atoms with E-state index in [0.29, 0.717) is 23.2 Å².